The van der Waals surface area contributed by atoms with Crippen molar-refractivity contribution in [2.75, 3.05) is 12.4 Å². The lowest BCUT2D eigenvalue weighted by atomic mass is 10.2. The van der Waals surface area contributed by atoms with Gasteiger partial charge in [0.2, 0.25) is 5.95 Å². The number of aromatic nitrogens is 4. The summed E-state index contributed by atoms with van der Waals surface area (Å²) in [6.07, 6.45) is 0. The van der Waals surface area contributed by atoms with Crippen LogP contribution in [0.4, 0.5) is 5.95 Å². The molecule has 0 amide bonds. The van der Waals surface area contributed by atoms with Crippen LogP contribution < -0.4 is 15.6 Å². The van der Waals surface area contributed by atoms with Gasteiger partial charge in [0.15, 0.2) is 0 Å². The fourth-order valence-corrected chi connectivity index (χ4v) is 2.11. The normalized spacial score (nSPS) is 10.9. The molecule has 0 saturated carbocycles. The maximum Gasteiger partial charge on any atom is 0.277 e. The minimum Gasteiger partial charge on any atom is -0.497 e. The summed E-state index contributed by atoms with van der Waals surface area (Å²) in [7, 11) is 1.64. The Hall–Kier alpha value is -2.83. The van der Waals surface area contributed by atoms with Gasteiger partial charge in [0.25, 0.3) is 11.3 Å². The second-order valence-electron chi connectivity index (χ2n) is 5.04. The van der Waals surface area contributed by atoms with E-state index in [0.29, 0.717) is 29.5 Å². The maximum absolute atomic E-state index is 12.1. The zero-order valence-corrected chi connectivity index (χ0v) is 12.7. The lowest BCUT2D eigenvalue weighted by molar-refractivity contribution is 0.414. The summed E-state index contributed by atoms with van der Waals surface area (Å²) in [6, 6.07) is 7.73. The number of H-pyrrole nitrogens is 1. The first-order valence-electron chi connectivity index (χ1n) is 6.91. The fourth-order valence-electron chi connectivity index (χ4n) is 2.11. The van der Waals surface area contributed by atoms with Gasteiger partial charge < -0.3 is 10.1 Å². The Morgan fingerprint density at radius 3 is 2.64 bits per heavy atom. The minimum atomic E-state index is -0.132. The van der Waals surface area contributed by atoms with Gasteiger partial charge >= 0.3 is 0 Å². The number of hydrogen-bond acceptors (Lipinski definition) is 5. The second kappa shape index (κ2) is 5.51. The smallest absolute Gasteiger partial charge is 0.277 e. The van der Waals surface area contributed by atoms with E-state index in [2.05, 4.69) is 20.4 Å². The summed E-state index contributed by atoms with van der Waals surface area (Å²) in [5.74, 6) is 1.69. The van der Waals surface area contributed by atoms with Gasteiger partial charge in [-0.15, -0.1) is 0 Å². The van der Waals surface area contributed by atoms with Gasteiger partial charge in [-0.3, -0.25) is 9.89 Å². The van der Waals surface area contributed by atoms with E-state index in [1.807, 2.05) is 24.3 Å². The van der Waals surface area contributed by atoms with Gasteiger partial charge in [-0.1, -0.05) is 12.1 Å². The fraction of sp³-hybridized carbons (Fsp3) is 0.267. The molecule has 7 heteroatoms. The van der Waals surface area contributed by atoms with Gasteiger partial charge in [-0.2, -0.15) is 9.50 Å². The molecular formula is C15H17N5O2. The first-order chi connectivity index (χ1) is 10.6. The molecule has 0 aliphatic rings. The molecule has 3 aromatic rings. The van der Waals surface area contributed by atoms with Gasteiger partial charge in [-0.25, -0.2) is 4.98 Å². The summed E-state index contributed by atoms with van der Waals surface area (Å²) >= 11 is 0. The van der Waals surface area contributed by atoms with Gasteiger partial charge in [-0.05, 0) is 31.5 Å². The molecule has 22 heavy (non-hydrogen) atoms. The predicted octanol–water partition coefficient (Wildman–Crippen LogP) is 1.66. The molecule has 2 N–H and O–H groups in total. The molecule has 0 unspecified atom stereocenters. The Morgan fingerprint density at radius 1 is 1.23 bits per heavy atom. The van der Waals surface area contributed by atoms with Crippen LogP contribution in [0.2, 0.25) is 0 Å². The molecule has 0 aliphatic carbocycles. The summed E-state index contributed by atoms with van der Waals surface area (Å²) in [4.78, 5) is 20.7. The number of aromatic amines is 1. The average molecular weight is 299 g/mol. The highest BCUT2D eigenvalue weighted by molar-refractivity contribution is 5.39. The Balaban J connectivity index is 1.82. The van der Waals surface area contributed by atoms with Crippen molar-refractivity contribution in [1.29, 1.82) is 0 Å². The predicted molar refractivity (Wildman–Crippen MR) is 83.4 cm³/mol. The van der Waals surface area contributed by atoms with Crippen molar-refractivity contribution in [3.63, 3.8) is 0 Å². The van der Waals surface area contributed by atoms with Crippen molar-refractivity contribution in [1.82, 2.24) is 19.6 Å². The highest BCUT2D eigenvalue weighted by atomic mass is 16.5. The Labute approximate surface area is 127 Å². The van der Waals surface area contributed by atoms with Gasteiger partial charge in [0.1, 0.15) is 5.75 Å². The number of anilines is 1. The third-order valence-corrected chi connectivity index (χ3v) is 3.58. The molecule has 2 aromatic heterocycles. The number of aryl methyl sites for hydroxylation is 1. The van der Waals surface area contributed by atoms with Gasteiger partial charge in [0, 0.05) is 17.8 Å². The van der Waals surface area contributed by atoms with Crippen LogP contribution in [0.1, 0.15) is 16.8 Å². The molecule has 0 atom stereocenters. The van der Waals surface area contributed by atoms with Crippen LogP contribution in [0.25, 0.3) is 5.78 Å². The number of fused-ring (bicyclic) bond motifs is 1. The van der Waals surface area contributed by atoms with Crippen molar-refractivity contribution < 1.29 is 4.74 Å². The largest absolute Gasteiger partial charge is 0.497 e. The average Bonchev–Trinajstić information content (AvgIpc) is 2.94. The van der Waals surface area contributed by atoms with Crippen LogP contribution in [-0.2, 0) is 6.54 Å². The van der Waals surface area contributed by atoms with E-state index >= 15 is 0 Å². The van der Waals surface area contributed by atoms with Crippen LogP contribution in [-0.4, -0.2) is 26.7 Å². The summed E-state index contributed by atoms with van der Waals surface area (Å²) in [6.45, 7) is 4.13. The summed E-state index contributed by atoms with van der Waals surface area (Å²) < 4.78 is 6.47. The Bertz CT molecular complexity index is 864. The van der Waals surface area contributed by atoms with Crippen LogP contribution in [0, 0.1) is 13.8 Å². The summed E-state index contributed by atoms with van der Waals surface area (Å²) in [5.41, 5.74) is 2.25. The van der Waals surface area contributed by atoms with Crippen molar-refractivity contribution >= 4 is 11.7 Å². The quantitative estimate of drug-likeness (QED) is 0.765. The van der Waals surface area contributed by atoms with Crippen molar-refractivity contribution in [2.24, 2.45) is 0 Å². The third kappa shape index (κ3) is 2.52. The first kappa shape index (κ1) is 14.1. The molecule has 0 spiro atoms. The maximum atomic E-state index is 12.1. The minimum absolute atomic E-state index is 0.132. The Morgan fingerprint density at radius 2 is 1.95 bits per heavy atom. The van der Waals surface area contributed by atoms with E-state index in [4.69, 9.17) is 4.74 Å². The van der Waals surface area contributed by atoms with Crippen LogP contribution >= 0.6 is 0 Å². The standard InChI is InChI=1S/C15H17N5O2/c1-9-10(2)17-15-18-14(19-20(15)13(9)21)16-8-11-4-6-12(22-3)7-5-11/h4-7H,8H2,1-3H3,(H2,16,17,18,19). The Kier molecular flexibility index (Phi) is 3.54. The highest BCUT2D eigenvalue weighted by Crippen LogP contribution is 2.12. The van der Waals surface area contributed by atoms with E-state index in [1.54, 1.807) is 21.0 Å². The number of rotatable bonds is 4. The molecule has 1 aromatic carbocycles. The number of nitrogens with one attached hydrogen (secondary N) is 2. The van der Waals surface area contributed by atoms with E-state index < -0.39 is 0 Å². The molecule has 3 rings (SSSR count). The third-order valence-electron chi connectivity index (χ3n) is 3.58. The lowest BCUT2D eigenvalue weighted by Crippen LogP contribution is -2.19. The number of nitrogens with zero attached hydrogens (tertiary/aromatic N) is 3. The van der Waals surface area contributed by atoms with E-state index in [9.17, 15) is 4.79 Å². The molecule has 2 heterocycles. The van der Waals surface area contributed by atoms with E-state index in [1.165, 1.54) is 4.52 Å². The van der Waals surface area contributed by atoms with Crippen molar-refractivity contribution in [2.45, 2.75) is 20.4 Å². The van der Waals surface area contributed by atoms with Crippen molar-refractivity contribution in [3.05, 3.63) is 51.4 Å². The first-order valence-corrected chi connectivity index (χ1v) is 6.91. The monoisotopic (exact) mass is 299 g/mol. The number of methoxy groups -OCH3 is 1. The molecule has 0 saturated heterocycles. The molecule has 0 fully saturated rings. The number of hydrogen-bond donors (Lipinski definition) is 2. The molecule has 0 radical (unpaired) electrons. The zero-order chi connectivity index (χ0) is 15.7. The molecular weight excluding hydrogens is 282 g/mol. The molecule has 0 aliphatic heterocycles. The van der Waals surface area contributed by atoms with Crippen LogP contribution in [0.5, 0.6) is 5.75 Å². The topological polar surface area (TPSA) is 84.3 Å². The van der Waals surface area contributed by atoms with E-state index in [0.717, 1.165) is 11.3 Å². The molecule has 7 nitrogen and oxygen atoms in total. The number of benzene rings is 1. The SMILES string of the molecule is COc1ccc(CNc2nc3nc(C)c(C)c(=O)n3[nH]2)cc1. The molecule has 0 bridgehead atoms. The molecule has 114 valence electrons. The number of ether oxygens (including phenoxy) is 1. The van der Waals surface area contributed by atoms with Crippen molar-refractivity contribution in [3.8, 4) is 5.75 Å². The zero-order valence-electron chi connectivity index (χ0n) is 12.7. The van der Waals surface area contributed by atoms with Crippen LogP contribution in [0.3, 0.4) is 0 Å². The highest BCUT2D eigenvalue weighted by Gasteiger charge is 2.09. The van der Waals surface area contributed by atoms with E-state index in [-0.39, 0.29) is 5.56 Å². The summed E-state index contributed by atoms with van der Waals surface area (Å²) in [5, 5.41) is 6.07. The van der Waals surface area contributed by atoms with Crippen LogP contribution in [0.15, 0.2) is 29.1 Å². The second-order valence-corrected chi connectivity index (χ2v) is 5.04. The van der Waals surface area contributed by atoms with Gasteiger partial charge in [0.05, 0.1) is 7.11 Å². The lowest BCUT2D eigenvalue weighted by Gasteiger charge is -2.04.